The minimum Gasteiger partial charge on any atom is -0.480 e. The zero-order valence-corrected chi connectivity index (χ0v) is 16.2. The predicted octanol–water partition coefficient (Wildman–Crippen LogP) is -0.540. The topological polar surface area (TPSA) is 128 Å². The van der Waals surface area contributed by atoms with Crippen LogP contribution in [0.4, 0.5) is 0 Å². The molecule has 4 atom stereocenters. The quantitative estimate of drug-likeness (QED) is 0.468. The maximum Gasteiger partial charge on any atom is 0.326 e. The van der Waals surface area contributed by atoms with Gasteiger partial charge < -0.3 is 26.0 Å². The second-order valence-electron chi connectivity index (χ2n) is 7.64. The number of aliphatic carboxylic acids is 1. The van der Waals surface area contributed by atoms with E-state index < -0.39 is 30.0 Å². The van der Waals surface area contributed by atoms with Crippen LogP contribution in [0, 0.1) is 5.92 Å². The first-order valence-corrected chi connectivity index (χ1v) is 9.59. The van der Waals surface area contributed by atoms with E-state index >= 15 is 0 Å². The van der Waals surface area contributed by atoms with Crippen LogP contribution in [-0.4, -0.2) is 71.0 Å². The van der Waals surface area contributed by atoms with Crippen molar-refractivity contribution in [1.82, 2.24) is 20.9 Å². The van der Waals surface area contributed by atoms with Crippen LogP contribution in [-0.2, 0) is 19.2 Å². The van der Waals surface area contributed by atoms with Crippen molar-refractivity contribution in [1.29, 1.82) is 0 Å². The lowest BCUT2D eigenvalue weighted by atomic mass is 10.0. The number of carboxylic acid groups (broad SMARTS) is 1. The Hall–Kier alpha value is -2.16. The van der Waals surface area contributed by atoms with Gasteiger partial charge >= 0.3 is 5.97 Å². The molecule has 2 heterocycles. The molecule has 2 fully saturated rings. The van der Waals surface area contributed by atoms with Gasteiger partial charge in [-0.25, -0.2) is 4.79 Å². The number of hydrogen-bond donors (Lipinski definition) is 4. The lowest BCUT2D eigenvalue weighted by molar-refractivity contribution is -0.145. The normalized spacial score (nSPS) is 24.5. The molecule has 9 heteroatoms. The molecule has 0 aromatic rings. The molecule has 9 nitrogen and oxygen atoms in total. The van der Waals surface area contributed by atoms with Crippen molar-refractivity contribution in [3.63, 3.8) is 0 Å². The van der Waals surface area contributed by atoms with Crippen molar-refractivity contribution in [2.45, 2.75) is 70.6 Å². The Kier molecular flexibility index (Phi) is 7.18. The zero-order valence-electron chi connectivity index (χ0n) is 16.2. The summed E-state index contributed by atoms with van der Waals surface area (Å²) >= 11 is 0. The average molecular weight is 382 g/mol. The highest BCUT2D eigenvalue weighted by molar-refractivity contribution is 5.94. The van der Waals surface area contributed by atoms with E-state index in [1.807, 2.05) is 0 Å². The van der Waals surface area contributed by atoms with E-state index in [1.54, 1.807) is 20.8 Å². The molecule has 2 aliphatic rings. The Balaban J connectivity index is 1.97. The van der Waals surface area contributed by atoms with Gasteiger partial charge in [-0.3, -0.25) is 14.4 Å². The molecule has 0 radical (unpaired) electrons. The van der Waals surface area contributed by atoms with Crippen LogP contribution in [0.3, 0.4) is 0 Å². The monoisotopic (exact) mass is 382 g/mol. The van der Waals surface area contributed by atoms with Gasteiger partial charge in [0.1, 0.15) is 18.1 Å². The van der Waals surface area contributed by atoms with Gasteiger partial charge in [0.25, 0.3) is 0 Å². The van der Waals surface area contributed by atoms with Crippen molar-refractivity contribution >= 4 is 23.7 Å². The Morgan fingerprint density at radius 1 is 1.04 bits per heavy atom. The third-order valence-corrected chi connectivity index (χ3v) is 5.18. The molecule has 27 heavy (non-hydrogen) atoms. The third-order valence-electron chi connectivity index (χ3n) is 5.18. The van der Waals surface area contributed by atoms with Crippen LogP contribution in [0.2, 0.25) is 0 Å². The number of carbonyl (C=O) groups excluding carboxylic acids is 3. The highest BCUT2D eigenvalue weighted by Gasteiger charge is 2.38. The van der Waals surface area contributed by atoms with Crippen molar-refractivity contribution < 1.29 is 24.3 Å². The molecule has 2 rings (SSSR count). The number of nitrogens with zero attached hydrogens (tertiary/aromatic N) is 1. The maximum atomic E-state index is 12.8. The van der Waals surface area contributed by atoms with E-state index in [2.05, 4.69) is 16.0 Å². The Morgan fingerprint density at radius 2 is 1.74 bits per heavy atom. The highest BCUT2D eigenvalue weighted by atomic mass is 16.4. The summed E-state index contributed by atoms with van der Waals surface area (Å²) in [4.78, 5) is 50.3. The van der Waals surface area contributed by atoms with E-state index in [9.17, 15) is 24.3 Å². The Morgan fingerprint density at radius 3 is 2.30 bits per heavy atom. The molecule has 4 N–H and O–H groups in total. The first-order chi connectivity index (χ1) is 12.7. The average Bonchev–Trinajstić information content (AvgIpc) is 3.29. The molecule has 2 aliphatic heterocycles. The summed E-state index contributed by atoms with van der Waals surface area (Å²) in [5, 5.41) is 17.6. The van der Waals surface area contributed by atoms with Crippen LogP contribution in [0.15, 0.2) is 0 Å². The fourth-order valence-corrected chi connectivity index (χ4v) is 3.60. The van der Waals surface area contributed by atoms with Gasteiger partial charge in [0.05, 0.1) is 6.04 Å². The molecule has 0 spiro atoms. The molecule has 0 aromatic carbocycles. The summed E-state index contributed by atoms with van der Waals surface area (Å²) in [7, 11) is 0. The van der Waals surface area contributed by atoms with Gasteiger partial charge in [0.2, 0.25) is 17.7 Å². The molecule has 0 aliphatic carbocycles. The van der Waals surface area contributed by atoms with E-state index in [1.165, 1.54) is 4.90 Å². The minimum absolute atomic E-state index is 0.209. The first kappa shape index (κ1) is 21.1. The number of carbonyl (C=O) groups is 4. The molecule has 0 aromatic heterocycles. The molecule has 4 unspecified atom stereocenters. The lowest BCUT2D eigenvalue weighted by Crippen LogP contribution is -2.56. The number of likely N-dealkylation sites (tertiary alicyclic amines) is 1. The van der Waals surface area contributed by atoms with Gasteiger partial charge in [-0.15, -0.1) is 0 Å². The van der Waals surface area contributed by atoms with Crippen LogP contribution < -0.4 is 16.0 Å². The van der Waals surface area contributed by atoms with Crippen molar-refractivity contribution in [3.8, 4) is 0 Å². The Labute approximate surface area is 159 Å². The third kappa shape index (κ3) is 5.18. The van der Waals surface area contributed by atoms with Crippen LogP contribution >= 0.6 is 0 Å². The van der Waals surface area contributed by atoms with Crippen molar-refractivity contribution in [2.75, 3.05) is 13.1 Å². The van der Waals surface area contributed by atoms with Crippen molar-refractivity contribution in [2.24, 2.45) is 5.92 Å². The summed E-state index contributed by atoms with van der Waals surface area (Å²) in [5.41, 5.74) is 0. The first-order valence-electron chi connectivity index (χ1n) is 9.59. The summed E-state index contributed by atoms with van der Waals surface area (Å²) in [6.07, 6.45) is 2.81. The molecule has 3 amide bonds. The smallest absolute Gasteiger partial charge is 0.326 e. The summed E-state index contributed by atoms with van der Waals surface area (Å²) in [6.45, 7) is 6.24. The largest absolute Gasteiger partial charge is 0.480 e. The van der Waals surface area contributed by atoms with Gasteiger partial charge in [0.15, 0.2) is 0 Å². The van der Waals surface area contributed by atoms with Gasteiger partial charge in [-0.05, 0) is 45.1 Å². The number of carboxylic acids is 1. The molecule has 0 saturated carbocycles. The molecule has 0 bridgehead atoms. The van der Waals surface area contributed by atoms with Gasteiger partial charge in [-0.1, -0.05) is 13.8 Å². The fourth-order valence-electron chi connectivity index (χ4n) is 3.60. The number of nitrogens with one attached hydrogen (secondary N) is 3. The van der Waals surface area contributed by atoms with Crippen LogP contribution in [0.25, 0.3) is 0 Å². The van der Waals surface area contributed by atoms with Gasteiger partial charge in [0, 0.05) is 6.54 Å². The molecular weight excluding hydrogens is 352 g/mol. The van der Waals surface area contributed by atoms with Crippen LogP contribution in [0.1, 0.15) is 46.5 Å². The number of rotatable bonds is 7. The second-order valence-corrected chi connectivity index (χ2v) is 7.64. The zero-order chi connectivity index (χ0) is 20.1. The van der Waals surface area contributed by atoms with Gasteiger partial charge in [-0.2, -0.15) is 0 Å². The number of hydrogen-bond acceptors (Lipinski definition) is 5. The van der Waals surface area contributed by atoms with E-state index in [0.29, 0.717) is 19.4 Å². The molecular formula is C18H30N4O5. The van der Waals surface area contributed by atoms with E-state index in [0.717, 1.165) is 19.4 Å². The second kappa shape index (κ2) is 9.16. The molecule has 152 valence electrons. The standard InChI is InChI=1S/C18H30N4O5/c1-10(2)14(18(26)27)21-16(24)13-7-5-9-22(13)17(25)11(3)20-15(23)12-6-4-8-19-12/h10-14,19H,4-9H2,1-3H3,(H,20,23)(H,21,24)(H,26,27). The SMILES string of the molecule is CC(NC(=O)C1CCCN1)C(=O)N1CCCC1C(=O)NC(C(=O)O)C(C)C. The van der Waals surface area contributed by atoms with E-state index in [-0.39, 0.29) is 23.8 Å². The summed E-state index contributed by atoms with van der Waals surface area (Å²) in [5.74, 6) is -2.36. The predicted molar refractivity (Wildman–Crippen MR) is 97.8 cm³/mol. The lowest BCUT2D eigenvalue weighted by Gasteiger charge is -2.29. The highest BCUT2D eigenvalue weighted by Crippen LogP contribution is 2.19. The fraction of sp³-hybridized carbons (Fsp3) is 0.778. The minimum atomic E-state index is -1.10. The number of amides is 3. The molecule has 2 saturated heterocycles. The van der Waals surface area contributed by atoms with E-state index in [4.69, 9.17) is 0 Å². The maximum absolute atomic E-state index is 12.8. The van der Waals surface area contributed by atoms with Crippen molar-refractivity contribution in [3.05, 3.63) is 0 Å². The Bertz CT molecular complexity index is 588. The van der Waals surface area contributed by atoms with Crippen LogP contribution in [0.5, 0.6) is 0 Å². The summed E-state index contributed by atoms with van der Waals surface area (Å²) in [6, 6.07) is -2.73. The summed E-state index contributed by atoms with van der Waals surface area (Å²) < 4.78 is 0.